The Morgan fingerprint density at radius 3 is 3.00 bits per heavy atom. The fourth-order valence-electron chi connectivity index (χ4n) is 2.92. The van der Waals surface area contributed by atoms with E-state index < -0.39 is 0 Å². The molecule has 0 fully saturated rings. The Bertz CT molecular complexity index is 1060. The largest absolute Gasteiger partial charge is 0.351 e. The van der Waals surface area contributed by atoms with E-state index in [9.17, 15) is 4.79 Å². The lowest BCUT2D eigenvalue weighted by molar-refractivity contribution is -0.129. The number of hydrogen-bond donors (Lipinski definition) is 1. The smallest absolute Gasteiger partial charge is 0.274 e. The minimum Gasteiger partial charge on any atom is -0.351 e. The summed E-state index contributed by atoms with van der Waals surface area (Å²) in [5.74, 6) is 1.15. The molecule has 1 amide bonds. The second-order valence-corrected chi connectivity index (χ2v) is 7.64. The van der Waals surface area contributed by atoms with Crippen molar-refractivity contribution < 1.29 is 9.32 Å². The topological polar surface area (TPSA) is 75.0 Å². The lowest BCUT2D eigenvalue weighted by Crippen LogP contribution is -2.30. The molecule has 1 aromatic carbocycles. The number of likely N-dealkylation sites (N-methyl/N-ethyl adjacent to an activating group) is 1. The highest BCUT2D eigenvalue weighted by atomic mass is 32.1. The number of benzene rings is 1. The van der Waals surface area contributed by atoms with Gasteiger partial charge in [-0.25, -0.2) is 0 Å². The van der Waals surface area contributed by atoms with E-state index in [-0.39, 0.29) is 5.91 Å². The Labute approximate surface area is 160 Å². The molecule has 0 aliphatic carbocycles. The number of nitrogens with zero attached hydrogens (tertiary/aromatic N) is 3. The van der Waals surface area contributed by atoms with Crippen molar-refractivity contribution in [3.63, 3.8) is 0 Å². The molecule has 0 aliphatic heterocycles. The van der Waals surface area contributed by atoms with Crippen LogP contribution in [0.5, 0.6) is 0 Å². The quantitative estimate of drug-likeness (QED) is 0.552. The van der Waals surface area contributed by atoms with Crippen LogP contribution in [0.2, 0.25) is 0 Å². The van der Waals surface area contributed by atoms with Crippen LogP contribution in [0.4, 0.5) is 0 Å². The van der Waals surface area contributed by atoms with Gasteiger partial charge in [-0.1, -0.05) is 22.9 Å². The van der Waals surface area contributed by atoms with Gasteiger partial charge >= 0.3 is 0 Å². The van der Waals surface area contributed by atoms with Gasteiger partial charge in [0.15, 0.2) is 5.82 Å². The van der Waals surface area contributed by atoms with E-state index >= 15 is 0 Å². The zero-order chi connectivity index (χ0) is 18.8. The first-order valence-electron chi connectivity index (χ1n) is 8.77. The van der Waals surface area contributed by atoms with Crippen LogP contribution in [0.3, 0.4) is 0 Å². The summed E-state index contributed by atoms with van der Waals surface area (Å²) in [6, 6.07) is 12.2. The van der Waals surface area contributed by atoms with E-state index in [1.165, 1.54) is 5.56 Å². The molecular formula is C20H20N4O2S. The average Bonchev–Trinajstić information content (AvgIpc) is 3.39. The molecular weight excluding hydrogens is 360 g/mol. The third-order valence-corrected chi connectivity index (χ3v) is 5.35. The standard InChI is InChI=1S/C20H20N4O2S/c1-13-5-6-16-14(10-13)11-17(21-16)20-22-18(23-26-20)7-8-24(2)19(25)12-15-4-3-9-27-15/h3-6,9-11,21H,7-8,12H2,1-2H3. The fourth-order valence-corrected chi connectivity index (χ4v) is 3.62. The average molecular weight is 380 g/mol. The van der Waals surface area contributed by atoms with Crippen LogP contribution in [-0.2, 0) is 17.6 Å². The minimum atomic E-state index is 0.0900. The van der Waals surface area contributed by atoms with Gasteiger partial charge < -0.3 is 14.4 Å². The first-order valence-corrected chi connectivity index (χ1v) is 9.65. The summed E-state index contributed by atoms with van der Waals surface area (Å²) in [5, 5.41) is 7.14. The van der Waals surface area contributed by atoms with Crippen LogP contribution in [0.1, 0.15) is 16.3 Å². The summed E-state index contributed by atoms with van der Waals surface area (Å²) in [7, 11) is 1.80. The number of aromatic amines is 1. The lowest BCUT2D eigenvalue weighted by Gasteiger charge is -2.15. The van der Waals surface area contributed by atoms with E-state index in [2.05, 4.69) is 34.2 Å². The van der Waals surface area contributed by atoms with Crippen LogP contribution in [0, 0.1) is 6.92 Å². The van der Waals surface area contributed by atoms with E-state index in [1.54, 1.807) is 23.3 Å². The lowest BCUT2D eigenvalue weighted by atomic mass is 10.2. The number of fused-ring (bicyclic) bond motifs is 1. The summed E-state index contributed by atoms with van der Waals surface area (Å²) in [5.41, 5.74) is 3.04. The molecule has 27 heavy (non-hydrogen) atoms. The third-order valence-electron chi connectivity index (χ3n) is 4.48. The highest BCUT2D eigenvalue weighted by Gasteiger charge is 2.14. The zero-order valence-corrected chi connectivity index (χ0v) is 16.0. The minimum absolute atomic E-state index is 0.0900. The Morgan fingerprint density at radius 2 is 2.19 bits per heavy atom. The highest BCUT2D eigenvalue weighted by Crippen LogP contribution is 2.23. The van der Waals surface area contributed by atoms with Gasteiger partial charge in [-0.3, -0.25) is 4.79 Å². The van der Waals surface area contributed by atoms with Crippen LogP contribution in [0.15, 0.2) is 46.3 Å². The normalized spacial score (nSPS) is 11.2. The molecule has 4 aromatic rings. The Morgan fingerprint density at radius 1 is 1.30 bits per heavy atom. The molecule has 1 N–H and O–H groups in total. The molecule has 0 saturated heterocycles. The SMILES string of the molecule is Cc1ccc2[nH]c(-c3nc(CCN(C)C(=O)Cc4cccs4)no3)cc2c1. The molecule has 6 nitrogen and oxygen atoms in total. The van der Waals surface area contributed by atoms with E-state index in [1.807, 2.05) is 29.6 Å². The van der Waals surface area contributed by atoms with Gasteiger partial charge in [0.25, 0.3) is 5.89 Å². The molecule has 0 aliphatic rings. The van der Waals surface area contributed by atoms with Crippen LogP contribution in [0.25, 0.3) is 22.5 Å². The highest BCUT2D eigenvalue weighted by molar-refractivity contribution is 7.10. The fraction of sp³-hybridized carbons (Fsp3) is 0.250. The molecule has 138 valence electrons. The van der Waals surface area contributed by atoms with E-state index in [0.717, 1.165) is 21.5 Å². The van der Waals surface area contributed by atoms with E-state index in [0.29, 0.717) is 31.1 Å². The predicted octanol–water partition coefficient (Wildman–Crippen LogP) is 3.83. The monoisotopic (exact) mass is 380 g/mol. The number of H-pyrrole nitrogens is 1. The number of rotatable bonds is 6. The van der Waals surface area contributed by atoms with Gasteiger partial charge in [-0.05, 0) is 36.6 Å². The van der Waals surface area contributed by atoms with Gasteiger partial charge in [-0.15, -0.1) is 11.3 Å². The Hall–Kier alpha value is -2.93. The molecule has 7 heteroatoms. The number of thiophene rings is 1. The first-order chi connectivity index (χ1) is 13.1. The molecule has 0 atom stereocenters. The molecule has 0 saturated carbocycles. The second kappa shape index (κ2) is 7.36. The molecule has 0 spiro atoms. The molecule has 0 radical (unpaired) electrons. The Balaban J connectivity index is 1.39. The van der Waals surface area contributed by atoms with Crippen LogP contribution in [-0.4, -0.2) is 39.5 Å². The number of aryl methyl sites for hydroxylation is 1. The number of nitrogens with one attached hydrogen (secondary N) is 1. The van der Waals surface area contributed by atoms with Gasteiger partial charge in [0.05, 0.1) is 6.42 Å². The number of amides is 1. The van der Waals surface area contributed by atoms with Crippen LogP contribution >= 0.6 is 11.3 Å². The summed E-state index contributed by atoms with van der Waals surface area (Å²) in [6.45, 7) is 2.61. The first kappa shape index (κ1) is 17.5. The summed E-state index contributed by atoms with van der Waals surface area (Å²) < 4.78 is 5.39. The van der Waals surface area contributed by atoms with Crippen molar-refractivity contribution in [2.24, 2.45) is 0 Å². The predicted molar refractivity (Wildman–Crippen MR) is 106 cm³/mol. The second-order valence-electron chi connectivity index (χ2n) is 6.61. The maximum absolute atomic E-state index is 12.2. The van der Waals surface area contributed by atoms with Gasteiger partial charge in [-0.2, -0.15) is 4.98 Å². The number of aromatic nitrogens is 3. The van der Waals surface area contributed by atoms with Crippen molar-refractivity contribution in [3.05, 3.63) is 58.0 Å². The molecule has 3 heterocycles. The Kier molecular flexibility index (Phi) is 4.77. The van der Waals surface area contributed by atoms with E-state index in [4.69, 9.17) is 4.52 Å². The zero-order valence-electron chi connectivity index (χ0n) is 15.2. The van der Waals surface area contributed by atoms with Crippen LogP contribution < -0.4 is 0 Å². The molecule has 4 rings (SSSR count). The maximum atomic E-state index is 12.2. The molecule has 0 unspecified atom stereocenters. The van der Waals surface area contributed by atoms with Crippen molar-refractivity contribution in [1.82, 2.24) is 20.0 Å². The van der Waals surface area contributed by atoms with Gasteiger partial charge in [0.1, 0.15) is 5.69 Å². The maximum Gasteiger partial charge on any atom is 0.274 e. The number of carbonyl (C=O) groups is 1. The number of hydrogen-bond acceptors (Lipinski definition) is 5. The molecule has 0 bridgehead atoms. The van der Waals surface area contributed by atoms with Crippen molar-refractivity contribution in [3.8, 4) is 11.6 Å². The summed E-state index contributed by atoms with van der Waals surface area (Å²) in [6.07, 6.45) is 0.982. The van der Waals surface area contributed by atoms with Crippen molar-refractivity contribution >= 4 is 28.1 Å². The summed E-state index contributed by atoms with van der Waals surface area (Å²) in [4.78, 5) is 22.8. The summed E-state index contributed by atoms with van der Waals surface area (Å²) >= 11 is 1.60. The molecule has 3 aromatic heterocycles. The van der Waals surface area contributed by atoms with Gasteiger partial charge in [0.2, 0.25) is 5.91 Å². The number of carbonyl (C=O) groups excluding carboxylic acids is 1. The van der Waals surface area contributed by atoms with Crippen molar-refractivity contribution in [2.45, 2.75) is 19.8 Å². The third kappa shape index (κ3) is 3.93. The van der Waals surface area contributed by atoms with Crippen molar-refractivity contribution in [1.29, 1.82) is 0 Å². The van der Waals surface area contributed by atoms with Gasteiger partial charge in [0, 0.05) is 35.8 Å². The van der Waals surface area contributed by atoms with Crippen molar-refractivity contribution in [2.75, 3.05) is 13.6 Å².